The van der Waals surface area contributed by atoms with Crippen molar-refractivity contribution in [2.24, 2.45) is 0 Å². The fraction of sp³-hybridized carbons (Fsp3) is 0.357. The van der Waals surface area contributed by atoms with Gasteiger partial charge < -0.3 is 0 Å². The number of nitrogens with zero attached hydrogens (tertiary/aromatic N) is 3. The standard InChI is InChI=1S/C14H16N4O3S/c1-3-5-9(2)13-16-17-14(22-13)15-12(19)10-6-4-7-11(8-10)18(20)21/h4,6-9H,3,5H2,1-2H3,(H,15,17,19)/t9-/m1/s1. The second-order valence-corrected chi connectivity index (χ2v) is 5.91. The molecule has 0 saturated carbocycles. The van der Waals surface area contributed by atoms with Gasteiger partial charge in [-0.05, 0) is 12.5 Å². The van der Waals surface area contributed by atoms with Crippen molar-refractivity contribution in [3.05, 3.63) is 45.0 Å². The summed E-state index contributed by atoms with van der Waals surface area (Å²) in [6, 6.07) is 5.56. The number of nitro benzene ring substituents is 1. The number of benzene rings is 1. The van der Waals surface area contributed by atoms with Crippen LogP contribution < -0.4 is 5.32 Å². The fourth-order valence-corrected chi connectivity index (χ4v) is 2.79. The van der Waals surface area contributed by atoms with E-state index < -0.39 is 10.8 Å². The zero-order valence-corrected chi connectivity index (χ0v) is 13.1. The molecule has 0 spiro atoms. The molecular formula is C14H16N4O3S. The first-order valence-electron chi connectivity index (χ1n) is 6.90. The minimum atomic E-state index is -0.535. The van der Waals surface area contributed by atoms with Crippen molar-refractivity contribution in [2.75, 3.05) is 5.32 Å². The topological polar surface area (TPSA) is 98.0 Å². The van der Waals surface area contributed by atoms with Crippen LogP contribution in [-0.2, 0) is 0 Å². The molecule has 1 aromatic heterocycles. The van der Waals surface area contributed by atoms with Crippen LogP contribution in [-0.4, -0.2) is 21.0 Å². The van der Waals surface area contributed by atoms with Gasteiger partial charge in [0.2, 0.25) is 5.13 Å². The quantitative estimate of drug-likeness (QED) is 0.647. The highest BCUT2D eigenvalue weighted by atomic mass is 32.1. The van der Waals surface area contributed by atoms with Gasteiger partial charge in [0.1, 0.15) is 5.01 Å². The number of hydrogen-bond donors (Lipinski definition) is 1. The molecular weight excluding hydrogens is 304 g/mol. The van der Waals surface area contributed by atoms with Gasteiger partial charge >= 0.3 is 0 Å². The van der Waals surface area contributed by atoms with E-state index in [0.29, 0.717) is 11.0 Å². The van der Waals surface area contributed by atoms with Gasteiger partial charge in [0.15, 0.2) is 0 Å². The second-order valence-electron chi connectivity index (χ2n) is 4.90. The SMILES string of the molecule is CCC[C@@H](C)c1nnc(NC(=O)c2cccc([N+](=O)[O-])c2)s1. The molecule has 1 atom stereocenters. The number of carbonyl (C=O) groups is 1. The molecule has 22 heavy (non-hydrogen) atoms. The normalized spacial score (nSPS) is 11.9. The van der Waals surface area contributed by atoms with Gasteiger partial charge in [0.05, 0.1) is 4.92 Å². The fourth-order valence-electron chi connectivity index (χ4n) is 1.97. The summed E-state index contributed by atoms with van der Waals surface area (Å²) in [5.41, 5.74) is 0.0923. The van der Waals surface area contributed by atoms with Crippen LogP contribution in [0.25, 0.3) is 0 Å². The van der Waals surface area contributed by atoms with Gasteiger partial charge in [-0.15, -0.1) is 10.2 Å². The maximum Gasteiger partial charge on any atom is 0.270 e. The van der Waals surface area contributed by atoms with E-state index in [0.717, 1.165) is 17.8 Å². The molecule has 1 amide bonds. The smallest absolute Gasteiger partial charge is 0.270 e. The summed E-state index contributed by atoms with van der Waals surface area (Å²) in [6.45, 7) is 4.17. The van der Waals surface area contributed by atoms with Crippen molar-refractivity contribution in [3.8, 4) is 0 Å². The molecule has 7 nitrogen and oxygen atoms in total. The van der Waals surface area contributed by atoms with Crippen LogP contribution in [0.3, 0.4) is 0 Å². The molecule has 0 aliphatic rings. The Labute approximate surface area is 131 Å². The van der Waals surface area contributed by atoms with E-state index >= 15 is 0 Å². The molecule has 0 bridgehead atoms. The molecule has 0 fully saturated rings. The van der Waals surface area contributed by atoms with Gasteiger partial charge in [-0.1, -0.05) is 37.7 Å². The average Bonchev–Trinajstić information content (AvgIpc) is 2.96. The highest BCUT2D eigenvalue weighted by Gasteiger charge is 2.15. The lowest BCUT2D eigenvalue weighted by atomic mass is 10.1. The summed E-state index contributed by atoms with van der Waals surface area (Å²) in [5, 5.41) is 22.6. The molecule has 0 unspecified atom stereocenters. The molecule has 1 N–H and O–H groups in total. The lowest BCUT2D eigenvalue weighted by Gasteiger charge is -2.03. The van der Waals surface area contributed by atoms with Crippen molar-refractivity contribution in [2.45, 2.75) is 32.6 Å². The summed E-state index contributed by atoms with van der Waals surface area (Å²) in [7, 11) is 0. The predicted octanol–water partition coefficient (Wildman–Crippen LogP) is 3.60. The predicted molar refractivity (Wildman–Crippen MR) is 84.3 cm³/mol. The van der Waals surface area contributed by atoms with Crippen LogP contribution in [0.5, 0.6) is 0 Å². The van der Waals surface area contributed by atoms with Crippen molar-refractivity contribution in [1.82, 2.24) is 10.2 Å². The Morgan fingerprint density at radius 1 is 1.45 bits per heavy atom. The molecule has 0 saturated heterocycles. The molecule has 8 heteroatoms. The van der Waals surface area contributed by atoms with Crippen molar-refractivity contribution < 1.29 is 9.72 Å². The number of amides is 1. The molecule has 2 rings (SSSR count). The third kappa shape index (κ3) is 3.85. The Balaban J connectivity index is 2.09. The zero-order chi connectivity index (χ0) is 16.1. The van der Waals surface area contributed by atoms with E-state index in [1.165, 1.54) is 35.6 Å². The summed E-state index contributed by atoms with van der Waals surface area (Å²) in [5.74, 6) is -0.138. The number of carbonyl (C=O) groups excluding carboxylic acids is 1. The molecule has 2 aromatic rings. The highest BCUT2D eigenvalue weighted by molar-refractivity contribution is 7.15. The minimum absolute atomic E-state index is 0.123. The maximum absolute atomic E-state index is 12.1. The first kappa shape index (κ1) is 16.0. The lowest BCUT2D eigenvalue weighted by molar-refractivity contribution is -0.384. The van der Waals surface area contributed by atoms with E-state index in [1.54, 1.807) is 0 Å². The molecule has 1 heterocycles. The Hall–Kier alpha value is -2.35. The van der Waals surface area contributed by atoms with Crippen molar-refractivity contribution >= 4 is 28.1 Å². The third-order valence-corrected chi connectivity index (χ3v) is 4.19. The van der Waals surface area contributed by atoms with Gasteiger partial charge in [0.25, 0.3) is 11.6 Å². The van der Waals surface area contributed by atoms with Gasteiger partial charge in [0, 0.05) is 23.6 Å². The van der Waals surface area contributed by atoms with E-state index in [1.807, 2.05) is 0 Å². The zero-order valence-electron chi connectivity index (χ0n) is 12.3. The molecule has 0 aliphatic carbocycles. The van der Waals surface area contributed by atoms with E-state index in [9.17, 15) is 14.9 Å². The van der Waals surface area contributed by atoms with Crippen molar-refractivity contribution in [3.63, 3.8) is 0 Å². The Morgan fingerprint density at radius 2 is 2.23 bits per heavy atom. The van der Waals surface area contributed by atoms with E-state index in [4.69, 9.17) is 0 Å². The summed E-state index contributed by atoms with van der Waals surface area (Å²) in [6.07, 6.45) is 2.06. The highest BCUT2D eigenvalue weighted by Crippen LogP contribution is 2.26. The summed E-state index contributed by atoms with van der Waals surface area (Å²) >= 11 is 1.33. The summed E-state index contributed by atoms with van der Waals surface area (Å²) in [4.78, 5) is 22.3. The molecule has 1 aromatic carbocycles. The second kappa shape index (κ2) is 7.08. The van der Waals surface area contributed by atoms with Crippen LogP contribution in [0.4, 0.5) is 10.8 Å². The Bertz CT molecular complexity index is 686. The average molecular weight is 320 g/mol. The minimum Gasteiger partial charge on any atom is -0.296 e. The van der Waals surface area contributed by atoms with E-state index in [2.05, 4.69) is 29.4 Å². The van der Waals surface area contributed by atoms with Crippen LogP contribution in [0.1, 0.15) is 48.0 Å². The number of anilines is 1. The number of hydrogen-bond acceptors (Lipinski definition) is 6. The first-order chi connectivity index (χ1) is 10.5. The first-order valence-corrected chi connectivity index (χ1v) is 7.72. The number of nitrogens with one attached hydrogen (secondary N) is 1. The third-order valence-electron chi connectivity index (χ3n) is 3.12. The number of rotatable bonds is 6. The van der Waals surface area contributed by atoms with Gasteiger partial charge in [-0.3, -0.25) is 20.2 Å². The number of aromatic nitrogens is 2. The number of nitro groups is 1. The molecule has 116 valence electrons. The van der Waals surface area contributed by atoms with E-state index in [-0.39, 0.29) is 11.3 Å². The monoisotopic (exact) mass is 320 g/mol. The molecule has 0 aliphatic heterocycles. The Morgan fingerprint density at radius 3 is 2.91 bits per heavy atom. The van der Waals surface area contributed by atoms with Gasteiger partial charge in [-0.2, -0.15) is 0 Å². The maximum atomic E-state index is 12.1. The van der Waals surface area contributed by atoms with Crippen LogP contribution >= 0.6 is 11.3 Å². The van der Waals surface area contributed by atoms with Crippen LogP contribution in [0, 0.1) is 10.1 Å². The Kier molecular flexibility index (Phi) is 5.16. The number of non-ortho nitro benzene ring substituents is 1. The van der Waals surface area contributed by atoms with Crippen LogP contribution in [0.2, 0.25) is 0 Å². The van der Waals surface area contributed by atoms with Gasteiger partial charge in [-0.25, -0.2) is 0 Å². The summed E-state index contributed by atoms with van der Waals surface area (Å²) < 4.78 is 0. The van der Waals surface area contributed by atoms with Crippen LogP contribution in [0.15, 0.2) is 24.3 Å². The molecule has 0 radical (unpaired) electrons. The van der Waals surface area contributed by atoms with Crippen molar-refractivity contribution in [1.29, 1.82) is 0 Å². The lowest BCUT2D eigenvalue weighted by Crippen LogP contribution is -2.11. The largest absolute Gasteiger partial charge is 0.296 e.